The van der Waals surface area contributed by atoms with Crippen molar-refractivity contribution in [2.75, 3.05) is 12.9 Å². The van der Waals surface area contributed by atoms with Crippen molar-refractivity contribution in [1.29, 1.82) is 0 Å². The first-order valence-electron chi connectivity index (χ1n) is 8.50. The van der Waals surface area contributed by atoms with Crippen molar-refractivity contribution in [2.45, 2.75) is 38.1 Å². The Morgan fingerprint density at radius 1 is 1.12 bits per heavy atom. The first kappa shape index (κ1) is 20.0. The van der Waals surface area contributed by atoms with Gasteiger partial charge in [-0.15, -0.1) is 0 Å². The van der Waals surface area contributed by atoms with E-state index in [1.54, 1.807) is 24.3 Å². The molecule has 2 aromatic rings. The van der Waals surface area contributed by atoms with Crippen molar-refractivity contribution in [3.63, 3.8) is 0 Å². The van der Waals surface area contributed by atoms with Crippen molar-refractivity contribution < 1.29 is 17.9 Å². The molecule has 0 radical (unpaired) electrons. The fourth-order valence-corrected chi connectivity index (χ4v) is 3.26. The lowest BCUT2D eigenvalue weighted by molar-refractivity contribution is -0.123. The second-order valence-electron chi connectivity index (χ2n) is 6.36. The first-order valence-corrected chi connectivity index (χ1v) is 10.4. The maximum absolute atomic E-state index is 12.2. The van der Waals surface area contributed by atoms with Gasteiger partial charge in [0.1, 0.15) is 5.75 Å². The lowest BCUT2D eigenvalue weighted by atomic mass is 10.0. The molecule has 0 saturated carbocycles. The van der Waals surface area contributed by atoms with Crippen molar-refractivity contribution in [3.05, 3.63) is 59.2 Å². The van der Waals surface area contributed by atoms with Crippen LogP contribution in [-0.4, -0.2) is 27.2 Å². The number of hydrogen-bond acceptors (Lipinski definition) is 4. The minimum Gasteiger partial charge on any atom is -0.483 e. The van der Waals surface area contributed by atoms with Gasteiger partial charge in [-0.05, 0) is 55.2 Å². The summed E-state index contributed by atoms with van der Waals surface area (Å²) in [5.74, 6) is 0.482. The number of carbonyl (C=O) groups excluding carboxylic acids is 1. The fraction of sp³-hybridized carbons (Fsp3) is 0.350. The van der Waals surface area contributed by atoms with Crippen LogP contribution in [0.3, 0.4) is 0 Å². The van der Waals surface area contributed by atoms with E-state index >= 15 is 0 Å². The summed E-state index contributed by atoms with van der Waals surface area (Å²) in [4.78, 5) is 12.5. The van der Waals surface area contributed by atoms with Crippen LogP contribution in [0.2, 0.25) is 0 Å². The van der Waals surface area contributed by atoms with Crippen LogP contribution in [0, 0.1) is 13.8 Å². The molecule has 1 unspecified atom stereocenters. The van der Waals surface area contributed by atoms with Gasteiger partial charge in [-0.1, -0.05) is 31.2 Å². The van der Waals surface area contributed by atoms with E-state index in [-0.39, 0.29) is 23.5 Å². The lowest BCUT2D eigenvalue weighted by Crippen LogP contribution is -2.32. The summed E-state index contributed by atoms with van der Waals surface area (Å²) in [6.07, 6.45) is 1.86. The molecule has 0 aliphatic rings. The number of hydrogen-bond donors (Lipinski definition) is 1. The van der Waals surface area contributed by atoms with Crippen molar-refractivity contribution in [3.8, 4) is 5.75 Å². The third kappa shape index (κ3) is 5.08. The third-order valence-corrected chi connectivity index (χ3v) is 5.50. The van der Waals surface area contributed by atoms with Crippen LogP contribution in [0.4, 0.5) is 0 Å². The molecule has 1 N–H and O–H groups in total. The number of nitrogens with one attached hydrogen (secondary N) is 1. The van der Waals surface area contributed by atoms with Gasteiger partial charge in [0.05, 0.1) is 10.9 Å². The van der Waals surface area contributed by atoms with E-state index in [4.69, 9.17) is 4.74 Å². The van der Waals surface area contributed by atoms with Gasteiger partial charge < -0.3 is 10.1 Å². The molecule has 0 bridgehead atoms. The Hall–Kier alpha value is -2.34. The highest BCUT2D eigenvalue weighted by Crippen LogP contribution is 2.21. The van der Waals surface area contributed by atoms with E-state index in [2.05, 4.69) is 5.32 Å². The summed E-state index contributed by atoms with van der Waals surface area (Å²) >= 11 is 0. The highest BCUT2D eigenvalue weighted by molar-refractivity contribution is 7.90. The first-order chi connectivity index (χ1) is 12.2. The molecule has 0 aromatic heterocycles. The Morgan fingerprint density at radius 3 is 2.35 bits per heavy atom. The molecule has 0 fully saturated rings. The summed E-state index contributed by atoms with van der Waals surface area (Å²) in [6, 6.07) is 12.1. The summed E-state index contributed by atoms with van der Waals surface area (Å²) in [6.45, 7) is 5.85. The maximum atomic E-state index is 12.2. The molecule has 0 heterocycles. The Morgan fingerprint density at radius 2 is 1.77 bits per heavy atom. The lowest BCUT2D eigenvalue weighted by Gasteiger charge is -2.18. The standard InChI is InChI=1S/C20H25NO4S/c1-5-18(16-9-11-17(12-10-16)26(4,23)24)21-20(22)13-25-19-8-6-7-14(2)15(19)3/h6-12,18H,5,13H2,1-4H3,(H,21,22). The molecular weight excluding hydrogens is 350 g/mol. The monoisotopic (exact) mass is 375 g/mol. The van der Waals surface area contributed by atoms with Crippen LogP contribution < -0.4 is 10.1 Å². The number of aryl methyl sites for hydroxylation is 1. The highest BCUT2D eigenvalue weighted by atomic mass is 32.2. The fourth-order valence-electron chi connectivity index (χ4n) is 2.63. The molecule has 0 aliphatic heterocycles. The quantitative estimate of drug-likeness (QED) is 0.805. The Bertz CT molecular complexity index is 873. The van der Waals surface area contributed by atoms with Gasteiger partial charge in [0.2, 0.25) is 0 Å². The topological polar surface area (TPSA) is 72.5 Å². The summed E-state index contributed by atoms with van der Waals surface area (Å²) in [5, 5.41) is 2.93. The summed E-state index contributed by atoms with van der Waals surface area (Å²) < 4.78 is 28.7. The zero-order valence-electron chi connectivity index (χ0n) is 15.6. The molecule has 6 heteroatoms. The smallest absolute Gasteiger partial charge is 0.258 e. The van der Waals surface area contributed by atoms with Crippen LogP contribution in [0.5, 0.6) is 5.75 Å². The molecule has 26 heavy (non-hydrogen) atoms. The van der Waals surface area contributed by atoms with Crippen LogP contribution in [-0.2, 0) is 14.6 Å². The predicted molar refractivity (Wildman–Crippen MR) is 102 cm³/mol. The second-order valence-corrected chi connectivity index (χ2v) is 8.37. The molecule has 0 aliphatic carbocycles. The van der Waals surface area contributed by atoms with Crippen LogP contribution >= 0.6 is 0 Å². The Balaban J connectivity index is 2.00. The minimum atomic E-state index is -3.23. The number of rotatable bonds is 7. The van der Waals surface area contributed by atoms with Gasteiger partial charge in [0.15, 0.2) is 16.4 Å². The molecule has 2 aromatic carbocycles. The minimum absolute atomic E-state index is 0.0672. The van der Waals surface area contributed by atoms with E-state index in [1.165, 1.54) is 6.26 Å². The molecule has 5 nitrogen and oxygen atoms in total. The molecular formula is C20H25NO4S. The number of carbonyl (C=O) groups is 1. The maximum Gasteiger partial charge on any atom is 0.258 e. The van der Waals surface area contributed by atoms with Gasteiger partial charge >= 0.3 is 0 Å². The zero-order chi connectivity index (χ0) is 19.3. The van der Waals surface area contributed by atoms with E-state index in [9.17, 15) is 13.2 Å². The molecule has 140 valence electrons. The zero-order valence-corrected chi connectivity index (χ0v) is 16.4. The largest absolute Gasteiger partial charge is 0.483 e. The number of benzene rings is 2. The Kier molecular flexibility index (Phi) is 6.42. The van der Waals surface area contributed by atoms with Crippen LogP contribution in [0.25, 0.3) is 0 Å². The van der Waals surface area contributed by atoms with Crippen LogP contribution in [0.15, 0.2) is 47.4 Å². The van der Waals surface area contributed by atoms with E-state index in [0.29, 0.717) is 12.2 Å². The van der Waals surface area contributed by atoms with Crippen LogP contribution in [0.1, 0.15) is 36.1 Å². The van der Waals surface area contributed by atoms with Gasteiger partial charge in [0, 0.05) is 6.26 Å². The van der Waals surface area contributed by atoms with Gasteiger partial charge in [-0.3, -0.25) is 4.79 Å². The molecule has 1 atom stereocenters. The van der Waals surface area contributed by atoms with Crippen molar-refractivity contribution in [2.24, 2.45) is 0 Å². The predicted octanol–water partition coefficient (Wildman–Crippen LogP) is 3.35. The van der Waals surface area contributed by atoms with Gasteiger partial charge in [0.25, 0.3) is 5.91 Å². The van der Waals surface area contributed by atoms with Crippen molar-refractivity contribution >= 4 is 15.7 Å². The van der Waals surface area contributed by atoms with E-state index in [1.807, 2.05) is 39.0 Å². The average Bonchev–Trinajstić information content (AvgIpc) is 2.60. The van der Waals surface area contributed by atoms with Crippen molar-refractivity contribution in [1.82, 2.24) is 5.32 Å². The van der Waals surface area contributed by atoms with E-state index in [0.717, 1.165) is 16.7 Å². The van der Waals surface area contributed by atoms with Gasteiger partial charge in [-0.2, -0.15) is 0 Å². The Labute approximate surface area is 155 Å². The molecule has 2 rings (SSSR count). The summed E-state index contributed by atoms with van der Waals surface area (Å²) in [7, 11) is -3.23. The molecule has 1 amide bonds. The molecule has 0 spiro atoms. The summed E-state index contributed by atoms with van der Waals surface area (Å²) in [5.41, 5.74) is 2.99. The second kappa shape index (κ2) is 8.36. The normalized spacial score (nSPS) is 12.5. The third-order valence-electron chi connectivity index (χ3n) is 4.37. The van der Waals surface area contributed by atoms with E-state index < -0.39 is 9.84 Å². The average molecular weight is 375 g/mol. The number of amides is 1. The van der Waals surface area contributed by atoms with Gasteiger partial charge in [-0.25, -0.2) is 8.42 Å². The highest BCUT2D eigenvalue weighted by Gasteiger charge is 2.15. The number of sulfone groups is 1. The SMILES string of the molecule is CCC(NC(=O)COc1cccc(C)c1C)c1ccc(S(C)(=O)=O)cc1. The number of ether oxygens (including phenoxy) is 1. The molecule has 0 saturated heterocycles.